The van der Waals surface area contributed by atoms with E-state index in [1.165, 1.54) is 20.0 Å². The molecule has 3 rings (SSSR count). The fourth-order valence-electron chi connectivity index (χ4n) is 3.74. The van der Waals surface area contributed by atoms with E-state index in [-0.39, 0.29) is 11.8 Å². The van der Waals surface area contributed by atoms with Crippen LogP contribution in [0.25, 0.3) is 0 Å². The summed E-state index contributed by atoms with van der Waals surface area (Å²) in [5.74, 6) is 0.746. The van der Waals surface area contributed by atoms with Crippen LogP contribution in [0.2, 0.25) is 0 Å². The van der Waals surface area contributed by atoms with E-state index in [2.05, 4.69) is 9.46 Å². The summed E-state index contributed by atoms with van der Waals surface area (Å²) < 4.78 is 32.1. The standard InChI is InChI=1S/C16H21NO4S/c1-21-16(18)13-5-2-11(3-6-13)10-22(19,20)17-15-9-12-4-7-14(15)8-12/h2-3,5-6,12,14-15,17H,4,7-10H2,1H3/t12-,14-,15-/m1/s1. The van der Waals surface area contributed by atoms with Crippen LogP contribution in [0.1, 0.15) is 41.6 Å². The van der Waals surface area contributed by atoms with E-state index in [1.54, 1.807) is 24.3 Å². The second kappa shape index (κ2) is 6.01. The summed E-state index contributed by atoms with van der Waals surface area (Å²) in [5, 5.41) is 0. The van der Waals surface area contributed by atoms with Gasteiger partial charge >= 0.3 is 5.97 Å². The molecule has 120 valence electrons. The fourth-order valence-corrected chi connectivity index (χ4v) is 5.20. The number of esters is 1. The third-order valence-corrected chi connectivity index (χ3v) is 6.18. The molecule has 1 aromatic carbocycles. The van der Waals surface area contributed by atoms with Crippen molar-refractivity contribution in [3.8, 4) is 0 Å². The lowest BCUT2D eigenvalue weighted by atomic mass is 9.96. The van der Waals surface area contributed by atoms with Crippen molar-refractivity contribution in [3.63, 3.8) is 0 Å². The Morgan fingerprint density at radius 2 is 1.95 bits per heavy atom. The third kappa shape index (κ3) is 3.33. The number of rotatable bonds is 5. The number of hydrogen-bond donors (Lipinski definition) is 1. The number of sulfonamides is 1. The van der Waals surface area contributed by atoms with Crippen molar-refractivity contribution in [1.29, 1.82) is 0 Å². The Hall–Kier alpha value is -1.40. The first-order valence-corrected chi connectivity index (χ1v) is 9.29. The number of nitrogens with one attached hydrogen (secondary N) is 1. The molecule has 2 fully saturated rings. The minimum Gasteiger partial charge on any atom is -0.465 e. The maximum Gasteiger partial charge on any atom is 0.337 e. The van der Waals surface area contributed by atoms with Gasteiger partial charge in [0.25, 0.3) is 0 Å². The number of benzene rings is 1. The molecule has 0 amide bonds. The monoisotopic (exact) mass is 323 g/mol. The summed E-state index contributed by atoms with van der Waals surface area (Å²) in [4.78, 5) is 11.4. The Morgan fingerprint density at radius 1 is 1.23 bits per heavy atom. The van der Waals surface area contributed by atoms with E-state index in [0.29, 0.717) is 23.0 Å². The lowest BCUT2D eigenvalue weighted by molar-refractivity contribution is 0.0600. The van der Waals surface area contributed by atoms with E-state index in [9.17, 15) is 13.2 Å². The van der Waals surface area contributed by atoms with Gasteiger partial charge in [-0.25, -0.2) is 17.9 Å². The molecule has 3 atom stereocenters. The van der Waals surface area contributed by atoms with Crippen LogP contribution in [0.3, 0.4) is 0 Å². The van der Waals surface area contributed by atoms with Gasteiger partial charge in [-0.15, -0.1) is 0 Å². The van der Waals surface area contributed by atoms with Gasteiger partial charge in [-0.2, -0.15) is 0 Å². The first-order chi connectivity index (χ1) is 10.5. The molecule has 2 aliphatic carbocycles. The van der Waals surface area contributed by atoms with Crippen molar-refractivity contribution in [1.82, 2.24) is 4.72 Å². The molecule has 0 aliphatic heterocycles. The van der Waals surface area contributed by atoms with Gasteiger partial charge in [0.05, 0.1) is 18.4 Å². The molecule has 0 unspecified atom stereocenters. The van der Waals surface area contributed by atoms with Gasteiger partial charge in [0.15, 0.2) is 0 Å². The minimum atomic E-state index is -3.35. The number of carbonyl (C=O) groups is 1. The lowest BCUT2D eigenvalue weighted by Crippen LogP contribution is -2.39. The van der Waals surface area contributed by atoms with Crippen LogP contribution in [0.4, 0.5) is 0 Å². The van der Waals surface area contributed by atoms with Gasteiger partial charge in [0.2, 0.25) is 10.0 Å². The van der Waals surface area contributed by atoms with Crippen molar-refractivity contribution < 1.29 is 17.9 Å². The molecule has 0 aromatic heterocycles. The van der Waals surface area contributed by atoms with Crippen molar-refractivity contribution in [2.75, 3.05) is 7.11 Å². The zero-order chi connectivity index (χ0) is 15.7. The molecule has 5 nitrogen and oxygen atoms in total. The quantitative estimate of drug-likeness (QED) is 0.842. The summed E-state index contributed by atoms with van der Waals surface area (Å²) >= 11 is 0. The Balaban J connectivity index is 1.63. The molecule has 0 saturated heterocycles. The molecule has 22 heavy (non-hydrogen) atoms. The predicted octanol–water partition coefficient (Wildman–Crippen LogP) is 2.08. The number of carbonyl (C=O) groups excluding carboxylic acids is 1. The maximum absolute atomic E-state index is 12.3. The van der Waals surface area contributed by atoms with Crippen LogP contribution in [-0.4, -0.2) is 27.5 Å². The first kappa shape index (κ1) is 15.5. The van der Waals surface area contributed by atoms with Crippen LogP contribution in [0.5, 0.6) is 0 Å². The summed E-state index contributed by atoms with van der Waals surface area (Å²) in [5.41, 5.74) is 1.09. The summed E-state index contributed by atoms with van der Waals surface area (Å²) in [6.07, 6.45) is 4.54. The largest absolute Gasteiger partial charge is 0.465 e. The highest BCUT2D eigenvalue weighted by molar-refractivity contribution is 7.88. The Labute approximate surface area is 131 Å². The average Bonchev–Trinajstić information content (AvgIpc) is 3.08. The molecular formula is C16H21NO4S. The van der Waals surface area contributed by atoms with Crippen molar-refractivity contribution in [2.24, 2.45) is 11.8 Å². The van der Waals surface area contributed by atoms with E-state index in [4.69, 9.17) is 0 Å². The van der Waals surface area contributed by atoms with Gasteiger partial charge in [-0.05, 0) is 48.8 Å². The highest BCUT2D eigenvalue weighted by Gasteiger charge is 2.41. The molecule has 0 spiro atoms. The normalized spacial score (nSPS) is 27.0. The predicted molar refractivity (Wildman–Crippen MR) is 82.8 cm³/mol. The SMILES string of the molecule is COC(=O)c1ccc(CS(=O)(=O)N[C@@H]2C[C@@H]3CC[C@@H]2C3)cc1. The summed E-state index contributed by atoms with van der Waals surface area (Å²) in [7, 11) is -2.03. The molecule has 0 radical (unpaired) electrons. The second-order valence-electron chi connectivity index (χ2n) is 6.35. The number of methoxy groups -OCH3 is 1. The summed E-state index contributed by atoms with van der Waals surface area (Å²) in [6, 6.07) is 6.61. The van der Waals surface area contributed by atoms with Crippen molar-refractivity contribution in [2.45, 2.75) is 37.5 Å². The molecule has 1 aromatic rings. The molecule has 6 heteroatoms. The van der Waals surface area contributed by atoms with Gasteiger partial charge in [-0.3, -0.25) is 0 Å². The topological polar surface area (TPSA) is 72.5 Å². The number of fused-ring (bicyclic) bond motifs is 2. The Bertz CT molecular complexity index is 653. The highest BCUT2D eigenvalue weighted by atomic mass is 32.2. The first-order valence-electron chi connectivity index (χ1n) is 7.64. The maximum atomic E-state index is 12.3. The molecule has 2 aliphatic rings. The summed E-state index contributed by atoms with van der Waals surface area (Å²) in [6.45, 7) is 0. The van der Waals surface area contributed by atoms with Crippen LogP contribution in [-0.2, 0) is 20.5 Å². The van der Waals surface area contributed by atoms with Crippen LogP contribution >= 0.6 is 0 Å². The zero-order valence-corrected chi connectivity index (χ0v) is 13.4. The van der Waals surface area contributed by atoms with E-state index in [0.717, 1.165) is 12.8 Å². The number of ether oxygens (including phenoxy) is 1. The molecule has 2 bridgehead atoms. The Kier molecular flexibility index (Phi) is 4.23. The van der Waals surface area contributed by atoms with Crippen molar-refractivity contribution >= 4 is 16.0 Å². The van der Waals surface area contributed by atoms with E-state index < -0.39 is 16.0 Å². The number of hydrogen-bond acceptors (Lipinski definition) is 4. The van der Waals surface area contributed by atoms with Gasteiger partial charge in [-0.1, -0.05) is 18.6 Å². The minimum absolute atomic E-state index is 0.0532. The van der Waals surface area contributed by atoms with Crippen LogP contribution < -0.4 is 4.72 Å². The molecule has 1 N–H and O–H groups in total. The molecular weight excluding hydrogens is 302 g/mol. The highest BCUT2D eigenvalue weighted by Crippen LogP contribution is 2.44. The van der Waals surface area contributed by atoms with E-state index >= 15 is 0 Å². The lowest BCUT2D eigenvalue weighted by Gasteiger charge is -2.22. The second-order valence-corrected chi connectivity index (χ2v) is 8.10. The van der Waals surface area contributed by atoms with Gasteiger partial charge in [0, 0.05) is 6.04 Å². The average molecular weight is 323 g/mol. The Morgan fingerprint density at radius 3 is 2.50 bits per heavy atom. The third-order valence-electron chi connectivity index (χ3n) is 4.80. The van der Waals surface area contributed by atoms with Crippen LogP contribution in [0.15, 0.2) is 24.3 Å². The van der Waals surface area contributed by atoms with E-state index in [1.807, 2.05) is 0 Å². The fraction of sp³-hybridized carbons (Fsp3) is 0.562. The molecule has 0 heterocycles. The van der Waals surface area contributed by atoms with Gasteiger partial charge < -0.3 is 4.74 Å². The molecule has 2 saturated carbocycles. The zero-order valence-electron chi connectivity index (χ0n) is 12.6. The van der Waals surface area contributed by atoms with Crippen molar-refractivity contribution in [3.05, 3.63) is 35.4 Å². The smallest absolute Gasteiger partial charge is 0.337 e. The van der Waals surface area contributed by atoms with Crippen LogP contribution in [0, 0.1) is 11.8 Å². The van der Waals surface area contributed by atoms with Gasteiger partial charge in [0.1, 0.15) is 0 Å².